The maximum Gasteiger partial charge on any atom is 0.416 e. The van der Waals surface area contributed by atoms with E-state index in [1.165, 1.54) is 37.4 Å². The maximum atomic E-state index is 14.4. The van der Waals surface area contributed by atoms with Gasteiger partial charge in [-0.25, -0.2) is 13.8 Å². The van der Waals surface area contributed by atoms with Gasteiger partial charge in [0.05, 0.1) is 17.8 Å². The van der Waals surface area contributed by atoms with Crippen LogP contribution in [0, 0.1) is 11.6 Å². The number of anilines is 1. The third-order valence-corrected chi connectivity index (χ3v) is 4.37. The van der Waals surface area contributed by atoms with Crippen LogP contribution in [0.15, 0.2) is 72.9 Å². The van der Waals surface area contributed by atoms with Crippen molar-refractivity contribution in [2.45, 2.75) is 19.6 Å². The van der Waals surface area contributed by atoms with E-state index in [9.17, 15) is 26.7 Å². The SMILES string of the molecule is C=C(C)C(=O)N(Cc1cccnc1Oc1cccc(C(F)(F)F)c1)c1ccc(F)cc1F. The summed E-state index contributed by atoms with van der Waals surface area (Å²) in [4.78, 5) is 17.7. The molecule has 0 bridgehead atoms. The van der Waals surface area contributed by atoms with E-state index in [2.05, 4.69) is 11.6 Å². The van der Waals surface area contributed by atoms with Gasteiger partial charge in [0, 0.05) is 23.4 Å². The molecule has 4 nitrogen and oxygen atoms in total. The Bertz CT molecular complexity index is 1160. The minimum absolute atomic E-state index is 0.0751. The molecule has 0 atom stereocenters. The summed E-state index contributed by atoms with van der Waals surface area (Å²) < 4.78 is 72.3. The Labute approximate surface area is 180 Å². The molecule has 0 aliphatic heterocycles. The highest BCUT2D eigenvalue weighted by molar-refractivity contribution is 6.04. The lowest BCUT2D eigenvalue weighted by molar-refractivity contribution is -0.137. The Morgan fingerprint density at radius 2 is 1.84 bits per heavy atom. The van der Waals surface area contributed by atoms with E-state index in [1.807, 2.05) is 0 Å². The van der Waals surface area contributed by atoms with Gasteiger partial charge in [0.25, 0.3) is 5.91 Å². The summed E-state index contributed by atoms with van der Waals surface area (Å²) in [5.74, 6) is -2.61. The average Bonchev–Trinajstić information content (AvgIpc) is 2.72. The highest BCUT2D eigenvalue weighted by Gasteiger charge is 2.31. The van der Waals surface area contributed by atoms with Crippen LogP contribution >= 0.6 is 0 Å². The molecule has 0 saturated heterocycles. The van der Waals surface area contributed by atoms with Crippen molar-refractivity contribution in [2.24, 2.45) is 0 Å². The van der Waals surface area contributed by atoms with Crippen LogP contribution in [0.3, 0.4) is 0 Å². The normalized spacial score (nSPS) is 11.2. The van der Waals surface area contributed by atoms with E-state index in [-0.39, 0.29) is 35.0 Å². The molecule has 1 aromatic heterocycles. The van der Waals surface area contributed by atoms with Crippen molar-refractivity contribution in [3.05, 3.63) is 95.7 Å². The van der Waals surface area contributed by atoms with Crippen LogP contribution in [-0.2, 0) is 17.5 Å². The molecule has 9 heteroatoms. The highest BCUT2D eigenvalue weighted by atomic mass is 19.4. The van der Waals surface area contributed by atoms with Crippen molar-refractivity contribution in [1.82, 2.24) is 4.98 Å². The van der Waals surface area contributed by atoms with Gasteiger partial charge >= 0.3 is 6.18 Å². The smallest absolute Gasteiger partial charge is 0.416 e. The van der Waals surface area contributed by atoms with Crippen LogP contribution in [-0.4, -0.2) is 10.9 Å². The predicted octanol–water partition coefficient (Wildman–Crippen LogP) is 6.28. The minimum atomic E-state index is -4.56. The van der Waals surface area contributed by atoms with Gasteiger partial charge < -0.3 is 9.64 Å². The maximum absolute atomic E-state index is 14.4. The third-order valence-electron chi connectivity index (χ3n) is 4.37. The van der Waals surface area contributed by atoms with Crippen molar-refractivity contribution in [1.29, 1.82) is 0 Å². The number of carbonyl (C=O) groups excluding carboxylic acids is 1. The molecule has 3 aromatic rings. The first kappa shape index (κ1) is 22.9. The summed E-state index contributed by atoms with van der Waals surface area (Å²) in [6, 6.07) is 10.0. The fraction of sp³-hybridized carbons (Fsp3) is 0.130. The van der Waals surface area contributed by atoms with Gasteiger partial charge in [-0.2, -0.15) is 13.2 Å². The van der Waals surface area contributed by atoms with E-state index in [4.69, 9.17) is 4.74 Å². The molecule has 166 valence electrons. The molecular weight excluding hydrogens is 431 g/mol. The number of amides is 1. The lowest BCUT2D eigenvalue weighted by Gasteiger charge is -2.24. The van der Waals surface area contributed by atoms with Crippen LogP contribution in [0.1, 0.15) is 18.1 Å². The van der Waals surface area contributed by atoms with Crippen LogP contribution in [0.4, 0.5) is 27.6 Å². The van der Waals surface area contributed by atoms with Crippen LogP contribution in [0.5, 0.6) is 11.6 Å². The molecule has 32 heavy (non-hydrogen) atoms. The number of nitrogens with zero attached hydrogens (tertiary/aromatic N) is 2. The zero-order valence-electron chi connectivity index (χ0n) is 16.8. The molecule has 0 aliphatic rings. The quantitative estimate of drug-likeness (QED) is 0.329. The summed E-state index contributed by atoms with van der Waals surface area (Å²) in [5, 5.41) is 0. The monoisotopic (exact) mass is 448 g/mol. The first-order valence-electron chi connectivity index (χ1n) is 9.27. The van der Waals surface area contributed by atoms with Crippen molar-refractivity contribution >= 4 is 11.6 Å². The van der Waals surface area contributed by atoms with Crippen LogP contribution < -0.4 is 9.64 Å². The molecule has 3 rings (SSSR count). The van der Waals surface area contributed by atoms with E-state index in [0.717, 1.165) is 29.2 Å². The molecule has 0 spiro atoms. The van der Waals surface area contributed by atoms with E-state index < -0.39 is 29.3 Å². The van der Waals surface area contributed by atoms with Gasteiger partial charge in [0.1, 0.15) is 17.4 Å². The molecule has 1 amide bonds. The van der Waals surface area contributed by atoms with Crippen molar-refractivity contribution in [2.75, 3.05) is 4.90 Å². The largest absolute Gasteiger partial charge is 0.439 e. The lowest BCUT2D eigenvalue weighted by Crippen LogP contribution is -2.31. The standard InChI is InChI=1S/C23H17F5N2O2/c1-14(2)22(31)30(20-9-8-17(24)12-19(20)25)13-15-5-4-10-29-21(15)32-18-7-3-6-16(11-18)23(26,27)28/h3-12H,1,13H2,2H3. The number of aromatic nitrogens is 1. The van der Waals surface area contributed by atoms with Gasteiger partial charge in [-0.05, 0) is 43.3 Å². The van der Waals surface area contributed by atoms with Crippen molar-refractivity contribution in [3.8, 4) is 11.6 Å². The Morgan fingerprint density at radius 1 is 1.09 bits per heavy atom. The van der Waals surface area contributed by atoms with Crippen molar-refractivity contribution < 1.29 is 31.5 Å². The topological polar surface area (TPSA) is 42.4 Å². The Hall–Kier alpha value is -3.75. The van der Waals surface area contributed by atoms with Crippen LogP contribution in [0.25, 0.3) is 0 Å². The zero-order chi connectivity index (χ0) is 23.5. The number of rotatable bonds is 6. The average molecular weight is 448 g/mol. The Balaban J connectivity index is 1.97. The minimum Gasteiger partial charge on any atom is -0.439 e. The van der Waals surface area contributed by atoms with E-state index >= 15 is 0 Å². The summed E-state index contributed by atoms with van der Waals surface area (Å²) >= 11 is 0. The van der Waals surface area contributed by atoms with E-state index in [0.29, 0.717) is 6.07 Å². The second-order valence-corrected chi connectivity index (χ2v) is 6.86. The lowest BCUT2D eigenvalue weighted by atomic mass is 10.1. The number of benzene rings is 2. The number of carbonyl (C=O) groups is 1. The molecule has 0 saturated carbocycles. The molecular formula is C23H17F5N2O2. The summed E-state index contributed by atoms with van der Waals surface area (Å²) in [6.07, 6.45) is -3.20. The molecule has 2 aromatic carbocycles. The van der Waals surface area contributed by atoms with Gasteiger partial charge in [-0.3, -0.25) is 4.79 Å². The highest BCUT2D eigenvalue weighted by Crippen LogP contribution is 2.33. The third kappa shape index (κ3) is 5.29. The predicted molar refractivity (Wildman–Crippen MR) is 108 cm³/mol. The van der Waals surface area contributed by atoms with Gasteiger partial charge in [0.2, 0.25) is 5.88 Å². The second-order valence-electron chi connectivity index (χ2n) is 6.86. The van der Waals surface area contributed by atoms with E-state index in [1.54, 1.807) is 0 Å². The Morgan fingerprint density at radius 3 is 2.50 bits per heavy atom. The summed E-state index contributed by atoms with van der Waals surface area (Å²) in [7, 11) is 0. The molecule has 0 unspecified atom stereocenters. The summed E-state index contributed by atoms with van der Waals surface area (Å²) in [5.41, 5.74) is -0.727. The number of hydrogen-bond donors (Lipinski definition) is 0. The first-order valence-corrected chi connectivity index (χ1v) is 9.27. The number of pyridine rings is 1. The zero-order valence-corrected chi connectivity index (χ0v) is 16.8. The van der Waals surface area contributed by atoms with Crippen molar-refractivity contribution in [3.63, 3.8) is 0 Å². The molecule has 1 heterocycles. The fourth-order valence-corrected chi connectivity index (χ4v) is 2.85. The fourth-order valence-electron chi connectivity index (χ4n) is 2.85. The molecule has 0 fully saturated rings. The number of halogens is 5. The number of ether oxygens (including phenoxy) is 1. The summed E-state index contributed by atoms with van der Waals surface area (Å²) in [6.45, 7) is 4.75. The van der Waals surface area contributed by atoms with Gasteiger partial charge in [0.15, 0.2) is 0 Å². The molecule has 0 aliphatic carbocycles. The number of alkyl halides is 3. The second kappa shape index (κ2) is 9.17. The Kier molecular flexibility index (Phi) is 6.57. The van der Waals surface area contributed by atoms with Crippen LogP contribution in [0.2, 0.25) is 0 Å². The van der Waals surface area contributed by atoms with Gasteiger partial charge in [-0.15, -0.1) is 0 Å². The molecule has 0 radical (unpaired) electrons. The van der Waals surface area contributed by atoms with Gasteiger partial charge in [-0.1, -0.05) is 18.7 Å². The number of hydrogen-bond acceptors (Lipinski definition) is 3. The first-order chi connectivity index (χ1) is 15.1. The molecule has 0 N–H and O–H groups in total.